The Morgan fingerprint density at radius 3 is 2.59 bits per heavy atom. The second-order valence-corrected chi connectivity index (χ2v) is 8.29. The third-order valence-electron chi connectivity index (χ3n) is 5.29. The Kier molecular flexibility index (Phi) is 7.45. The predicted octanol–water partition coefficient (Wildman–Crippen LogP) is 5.07. The molecule has 2 aromatic carbocycles. The molecule has 0 radical (unpaired) electrons. The van der Waals surface area contributed by atoms with Crippen LogP contribution in [0.5, 0.6) is 0 Å². The number of para-hydroxylation sites is 2. The molecule has 1 heterocycles. The minimum atomic E-state index is 0.109. The number of benzene rings is 2. The van der Waals surface area contributed by atoms with Crippen molar-refractivity contribution in [2.24, 2.45) is 5.92 Å². The van der Waals surface area contributed by atoms with Crippen molar-refractivity contribution in [1.82, 2.24) is 14.9 Å². The fraction of sp³-hybridized carbons (Fsp3) is 0.440. The molecule has 154 valence electrons. The van der Waals surface area contributed by atoms with Crippen LogP contribution in [0.15, 0.2) is 48.5 Å². The molecule has 3 aromatic rings. The van der Waals surface area contributed by atoms with Crippen LogP contribution in [0.1, 0.15) is 50.1 Å². The van der Waals surface area contributed by atoms with Gasteiger partial charge in [-0.15, -0.1) is 0 Å². The van der Waals surface area contributed by atoms with Gasteiger partial charge in [-0.3, -0.25) is 4.79 Å². The molecule has 0 fully saturated rings. The number of hydrogen-bond donors (Lipinski definition) is 1. The first-order chi connectivity index (χ1) is 14.0. The van der Waals surface area contributed by atoms with E-state index in [1.54, 1.807) is 0 Å². The number of fused-ring (bicyclic) bond motifs is 1. The number of carbonyl (C=O) groups is 1. The number of aryl methyl sites for hydroxylation is 2. The van der Waals surface area contributed by atoms with Gasteiger partial charge in [0.1, 0.15) is 5.82 Å². The summed E-state index contributed by atoms with van der Waals surface area (Å²) in [5.41, 5.74) is 4.60. The quantitative estimate of drug-likeness (QED) is 0.490. The van der Waals surface area contributed by atoms with Gasteiger partial charge in [0.25, 0.3) is 0 Å². The van der Waals surface area contributed by atoms with E-state index in [9.17, 15) is 4.79 Å². The summed E-state index contributed by atoms with van der Waals surface area (Å²) in [6, 6.07) is 16.5. The van der Waals surface area contributed by atoms with E-state index in [1.807, 2.05) is 18.2 Å². The Bertz CT molecular complexity index is 942. The summed E-state index contributed by atoms with van der Waals surface area (Å²) in [5.74, 6) is 1.89. The summed E-state index contributed by atoms with van der Waals surface area (Å²) in [6.45, 7) is 8.30. The van der Waals surface area contributed by atoms with Crippen molar-refractivity contribution in [3.05, 3.63) is 65.5 Å². The fourth-order valence-electron chi connectivity index (χ4n) is 3.74. The Morgan fingerprint density at radius 2 is 1.79 bits per heavy atom. The highest BCUT2D eigenvalue weighted by Crippen LogP contribution is 2.19. The van der Waals surface area contributed by atoms with Crippen LogP contribution in [-0.2, 0) is 24.2 Å². The average molecular weight is 392 g/mol. The first kappa shape index (κ1) is 21.1. The van der Waals surface area contributed by atoms with Gasteiger partial charge in [-0.25, -0.2) is 4.98 Å². The Labute approximate surface area is 174 Å². The summed E-state index contributed by atoms with van der Waals surface area (Å²) in [4.78, 5) is 17.0. The molecule has 0 spiro atoms. The predicted molar refractivity (Wildman–Crippen MR) is 120 cm³/mol. The van der Waals surface area contributed by atoms with Crippen LogP contribution < -0.4 is 5.32 Å². The lowest BCUT2D eigenvalue weighted by atomic mass is 10.1. The van der Waals surface area contributed by atoms with Crippen molar-refractivity contribution in [1.29, 1.82) is 0 Å². The minimum Gasteiger partial charge on any atom is -0.356 e. The third-order valence-corrected chi connectivity index (χ3v) is 5.29. The summed E-state index contributed by atoms with van der Waals surface area (Å²) in [5, 5.41) is 3.06. The lowest BCUT2D eigenvalue weighted by molar-refractivity contribution is -0.120. The maximum Gasteiger partial charge on any atom is 0.224 e. The third kappa shape index (κ3) is 5.93. The second-order valence-electron chi connectivity index (χ2n) is 8.29. The highest BCUT2D eigenvalue weighted by atomic mass is 16.1. The Morgan fingerprint density at radius 1 is 1.03 bits per heavy atom. The first-order valence-electron chi connectivity index (χ1n) is 10.8. The van der Waals surface area contributed by atoms with Crippen molar-refractivity contribution in [3.8, 4) is 0 Å². The number of hydrogen-bond acceptors (Lipinski definition) is 2. The van der Waals surface area contributed by atoms with Gasteiger partial charge in [0.2, 0.25) is 5.91 Å². The molecule has 3 rings (SSSR count). The van der Waals surface area contributed by atoms with E-state index in [2.05, 4.69) is 61.0 Å². The molecule has 0 aliphatic rings. The molecule has 0 saturated heterocycles. The molecule has 29 heavy (non-hydrogen) atoms. The summed E-state index contributed by atoms with van der Waals surface area (Å²) >= 11 is 0. The van der Waals surface area contributed by atoms with Crippen LogP contribution >= 0.6 is 0 Å². The van der Waals surface area contributed by atoms with Crippen LogP contribution in [0.25, 0.3) is 11.0 Å². The van der Waals surface area contributed by atoms with Gasteiger partial charge in [0, 0.05) is 19.5 Å². The van der Waals surface area contributed by atoms with Crippen molar-refractivity contribution in [2.45, 2.75) is 59.4 Å². The second kappa shape index (κ2) is 10.2. The summed E-state index contributed by atoms with van der Waals surface area (Å²) in [6.07, 6.45) is 4.64. The molecule has 0 aliphatic carbocycles. The Hall–Kier alpha value is -2.62. The molecule has 0 saturated carbocycles. The molecule has 1 aromatic heterocycles. The standard InChI is InChI=1S/C25H33N3O/c1-19(2)18-28-23-14-9-8-13-22(23)27-24(28)15-5-4-10-16-26-25(29)17-21-12-7-6-11-20(21)3/h6-9,11-14,19H,4-5,10,15-18H2,1-3H3,(H,26,29). The molecular weight excluding hydrogens is 358 g/mol. The van der Waals surface area contributed by atoms with Gasteiger partial charge in [0.05, 0.1) is 17.5 Å². The van der Waals surface area contributed by atoms with Crippen LogP contribution in [-0.4, -0.2) is 22.0 Å². The molecule has 0 bridgehead atoms. The number of imidazole rings is 1. The number of aromatic nitrogens is 2. The highest BCUT2D eigenvalue weighted by Gasteiger charge is 2.11. The van der Waals surface area contributed by atoms with E-state index in [0.29, 0.717) is 12.3 Å². The SMILES string of the molecule is Cc1ccccc1CC(=O)NCCCCCc1nc2ccccc2n1CC(C)C. The van der Waals surface area contributed by atoms with E-state index < -0.39 is 0 Å². The molecule has 0 unspecified atom stereocenters. The zero-order valence-electron chi connectivity index (χ0n) is 17.9. The summed E-state index contributed by atoms with van der Waals surface area (Å²) < 4.78 is 2.38. The fourth-order valence-corrected chi connectivity index (χ4v) is 3.74. The Balaban J connectivity index is 1.43. The van der Waals surface area contributed by atoms with Crippen LogP contribution in [0.4, 0.5) is 0 Å². The molecule has 4 nitrogen and oxygen atoms in total. The van der Waals surface area contributed by atoms with E-state index in [1.165, 1.54) is 16.9 Å². The van der Waals surface area contributed by atoms with Gasteiger partial charge in [-0.2, -0.15) is 0 Å². The maximum atomic E-state index is 12.1. The molecule has 1 amide bonds. The number of nitrogens with zero attached hydrogens (tertiary/aromatic N) is 2. The van der Waals surface area contributed by atoms with E-state index in [4.69, 9.17) is 4.98 Å². The molecule has 4 heteroatoms. The van der Waals surface area contributed by atoms with Crippen LogP contribution in [0.2, 0.25) is 0 Å². The lowest BCUT2D eigenvalue weighted by Gasteiger charge is -2.12. The largest absolute Gasteiger partial charge is 0.356 e. The number of carbonyl (C=O) groups excluding carboxylic acids is 1. The van der Waals surface area contributed by atoms with Gasteiger partial charge in [0.15, 0.2) is 0 Å². The minimum absolute atomic E-state index is 0.109. The van der Waals surface area contributed by atoms with Crippen molar-refractivity contribution < 1.29 is 4.79 Å². The smallest absolute Gasteiger partial charge is 0.224 e. The zero-order valence-corrected chi connectivity index (χ0v) is 17.9. The summed E-state index contributed by atoms with van der Waals surface area (Å²) in [7, 11) is 0. The first-order valence-corrected chi connectivity index (χ1v) is 10.8. The normalized spacial score (nSPS) is 11.3. The van der Waals surface area contributed by atoms with Crippen LogP contribution in [0.3, 0.4) is 0 Å². The van der Waals surface area contributed by atoms with Gasteiger partial charge in [-0.05, 0) is 48.9 Å². The maximum absolute atomic E-state index is 12.1. The van der Waals surface area contributed by atoms with E-state index >= 15 is 0 Å². The van der Waals surface area contributed by atoms with Crippen molar-refractivity contribution in [2.75, 3.05) is 6.54 Å². The number of nitrogens with one attached hydrogen (secondary N) is 1. The van der Waals surface area contributed by atoms with Gasteiger partial charge in [-0.1, -0.05) is 56.7 Å². The van der Waals surface area contributed by atoms with Gasteiger partial charge < -0.3 is 9.88 Å². The topological polar surface area (TPSA) is 46.9 Å². The number of unbranched alkanes of at least 4 members (excludes halogenated alkanes) is 2. The molecule has 0 atom stereocenters. The van der Waals surface area contributed by atoms with Crippen molar-refractivity contribution >= 4 is 16.9 Å². The highest BCUT2D eigenvalue weighted by molar-refractivity contribution is 5.78. The van der Waals surface area contributed by atoms with E-state index in [-0.39, 0.29) is 5.91 Å². The van der Waals surface area contributed by atoms with Crippen molar-refractivity contribution in [3.63, 3.8) is 0 Å². The van der Waals surface area contributed by atoms with Crippen LogP contribution in [0, 0.1) is 12.8 Å². The monoisotopic (exact) mass is 391 g/mol. The van der Waals surface area contributed by atoms with Gasteiger partial charge >= 0.3 is 0 Å². The zero-order chi connectivity index (χ0) is 20.6. The average Bonchev–Trinajstić information content (AvgIpc) is 3.03. The molecular formula is C25H33N3O. The molecule has 1 N–H and O–H groups in total. The lowest BCUT2D eigenvalue weighted by Crippen LogP contribution is -2.26. The number of rotatable bonds is 10. The number of amides is 1. The molecule has 0 aliphatic heterocycles. The van der Waals surface area contributed by atoms with E-state index in [0.717, 1.165) is 49.9 Å².